The first kappa shape index (κ1) is 12.3. The highest BCUT2D eigenvalue weighted by Gasteiger charge is 2.39. The van der Waals surface area contributed by atoms with E-state index in [1.807, 2.05) is 0 Å². The zero-order valence-electron chi connectivity index (χ0n) is 10.9. The number of ether oxygens (including phenoxy) is 1. The highest BCUT2D eigenvalue weighted by atomic mass is 16.5. The quantitative estimate of drug-likeness (QED) is 0.868. The average molecular weight is 235 g/mol. The molecule has 17 heavy (non-hydrogen) atoms. The summed E-state index contributed by atoms with van der Waals surface area (Å²) < 4.78 is 5.35. The first-order valence-corrected chi connectivity index (χ1v) is 6.28. The first-order valence-electron chi connectivity index (χ1n) is 6.28. The average Bonchev–Trinajstić information content (AvgIpc) is 2.77. The summed E-state index contributed by atoms with van der Waals surface area (Å²) >= 11 is 0. The minimum Gasteiger partial charge on any atom is -0.480 e. The lowest BCUT2D eigenvalue weighted by Gasteiger charge is -2.31. The first-order chi connectivity index (χ1) is 8.18. The smallest absolute Gasteiger partial charge is 0.237 e. The molecule has 2 rings (SSSR count). The second-order valence-corrected chi connectivity index (χ2v) is 5.12. The summed E-state index contributed by atoms with van der Waals surface area (Å²) in [4.78, 5) is 8.78. The molecule has 1 aromatic heterocycles. The Labute approximate surface area is 103 Å². The van der Waals surface area contributed by atoms with Crippen molar-refractivity contribution >= 4 is 0 Å². The number of nitrogens with zero attached hydrogens (tertiary/aromatic N) is 2. The van der Waals surface area contributed by atoms with Crippen LogP contribution in [0.25, 0.3) is 0 Å². The van der Waals surface area contributed by atoms with Crippen LogP contribution in [0.5, 0.6) is 5.88 Å². The zero-order chi connectivity index (χ0) is 12.3. The summed E-state index contributed by atoms with van der Waals surface area (Å²) in [7, 11) is 1.66. The summed E-state index contributed by atoms with van der Waals surface area (Å²) in [6.45, 7) is 5.53. The van der Waals surface area contributed by atoms with Gasteiger partial charge in [-0.05, 0) is 31.7 Å². The summed E-state index contributed by atoms with van der Waals surface area (Å²) in [5.74, 6) is 1.27. The van der Waals surface area contributed by atoms with Gasteiger partial charge in [0.05, 0.1) is 12.6 Å². The highest BCUT2D eigenvalue weighted by Crippen LogP contribution is 2.38. The maximum Gasteiger partial charge on any atom is 0.237 e. The molecule has 1 aliphatic heterocycles. The summed E-state index contributed by atoms with van der Waals surface area (Å²) in [5.41, 5.74) is 0.919. The van der Waals surface area contributed by atoms with Crippen LogP contribution < -0.4 is 10.1 Å². The summed E-state index contributed by atoms with van der Waals surface area (Å²) in [6, 6.07) is 0. The topological polar surface area (TPSA) is 47.0 Å². The molecule has 0 bridgehead atoms. The van der Waals surface area contributed by atoms with Crippen molar-refractivity contribution < 1.29 is 4.74 Å². The molecule has 4 nitrogen and oxygen atoms in total. The maximum atomic E-state index is 5.35. The second kappa shape index (κ2) is 5.00. The van der Waals surface area contributed by atoms with Gasteiger partial charge in [-0.25, -0.2) is 4.98 Å². The SMILES string of the molecule is COc1nccnc1C1(CC(C)C)CCCN1. The monoisotopic (exact) mass is 235 g/mol. The number of nitrogens with one attached hydrogen (secondary N) is 1. The van der Waals surface area contributed by atoms with E-state index >= 15 is 0 Å². The molecule has 1 atom stereocenters. The Morgan fingerprint density at radius 1 is 1.41 bits per heavy atom. The fraction of sp³-hybridized carbons (Fsp3) is 0.692. The van der Waals surface area contributed by atoms with E-state index in [4.69, 9.17) is 4.74 Å². The lowest BCUT2D eigenvalue weighted by Crippen LogP contribution is -2.39. The predicted molar refractivity (Wildman–Crippen MR) is 67.0 cm³/mol. The van der Waals surface area contributed by atoms with Gasteiger partial charge in [-0.2, -0.15) is 0 Å². The Morgan fingerprint density at radius 2 is 2.18 bits per heavy atom. The fourth-order valence-electron chi connectivity index (χ4n) is 2.78. The molecule has 1 unspecified atom stereocenters. The van der Waals surface area contributed by atoms with Crippen molar-refractivity contribution in [1.82, 2.24) is 15.3 Å². The van der Waals surface area contributed by atoms with E-state index in [0.717, 1.165) is 25.1 Å². The summed E-state index contributed by atoms with van der Waals surface area (Å²) in [5, 5.41) is 3.61. The molecule has 0 amide bonds. The lowest BCUT2D eigenvalue weighted by molar-refractivity contribution is 0.282. The summed E-state index contributed by atoms with van der Waals surface area (Å²) in [6.07, 6.45) is 6.80. The largest absolute Gasteiger partial charge is 0.480 e. The van der Waals surface area contributed by atoms with Crippen molar-refractivity contribution in [3.8, 4) is 5.88 Å². The van der Waals surface area contributed by atoms with Crippen molar-refractivity contribution in [2.75, 3.05) is 13.7 Å². The zero-order valence-corrected chi connectivity index (χ0v) is 10.9. The maximum absolute atomic E-state index is 5.35. The third-order valence-corrected chi connectivity index (χ3v) is 3.31. The van der Waals surface area contributed by atoms with Gasteiger partial charge in [-0.15, -0.1) is 0 Å². The van der Waals surface area contributed by atoms with E-state index < -0.39 is 0 Å². The van der Waals surface area contributed by atoms with Crippen LogP contribution >= 0.6 is 0 Å². The Bertz CT molecular complexity index is 373. The number of methoxy groups -OCH3 is 1. The second-order valence-electron chi connectivity index (χ2n) is 5.12. The molecule has 0 spiro atoms. The molecular weight excluding hydrogens is 214 g/mol. The molecule has 1 N–H and O–H groups in total. The van der Waals surface area contributed by atoms with E-state index in [2.05, 4.69) is 29.1 Å². The number of hydrogen-bond donors (Lipinski definition) is 1. The molecule has 1 saturated heterocycles. The van der Waals surface area contributed by atoms with E-state index in [-0.39, 0.29) is 5.54 Å². The minimum absolute atomic E-state index is 0.0478. The molecule has 0 aliphatic carbocycles. The molecule has 0 saturated carbocycles. The normalized spacial score (nSPS) is 24.2. The van der Waals surface area contributed by atoms with Crippen LogP contribution in [-0.2, 0) is 5.54 Å². The van der Waals surface area contributed by atoms with Gasteiger partial charge in [0.1, 0.15) is 5.69 Å². The van der Waals surface area contributed by atoms with Gasteiger partial charge in [-0.1, -0.05) is 13.8 Å². The van der Waals surface area contributed by atoms with Crippen LogP contribution in [-0.4, -0.2) is 23.6 Å². The third kappa shape index (κ3) is 2.41. The highest BCUT2D eigenvalue weighted by molar-refractivity contribution is 5.27. The molecule has 0 radical (unpaired) electrons. The van der Waals surface area contributed by atoms with Gasteiger partial charge in [0.15, 0.2) is 0 Å². The Kier molecular flexibility index (Phi) is 3.62. The molecule has 2 heterocycles. The molecule has 1 aliphatic rings. The molecule has 4 heteroatoms. The van der Waals surface area contributed by atoms with Crippen LogP contribution in [0, 0.1) is 5.92 Å². The molecular formula is C13H21N3O. The van der Waals surface area contributed by atoms with Gasteiger partial charge in [0.25, 0.3) is 0 Å². The fourth-order valence-corrected chi connectivity index (χ4v) is 2.78. The van der Waals surface area contributed by atoms with Crippen LogP contribution in [0.4, 0.5) is 0 Å². The molecule has 0 aromatic carbocycles. The Balaban J connectivity index is 2.38. The van der Waals surface area contributed by atoms with Crippen LogP contribution in [0.2, 0.25) is 0 Å². The van der Waals surface area contributed by atoms with Gasteiger partial charge in [-0.3, -0.25) is 4.98 Å². The molecule has 1 fully saturated rings. The molecule has 94 valence electrons. The standard InChI is InChI=1S/C13H21N3O/c1-10(2)9-13(5-4-6-16-13)11-12(17-3)15-8-7-14-11/h7-8,10,16H,4-6,9H2,1-3H3. The lowest BCUT2D eigenvalue weighted by atomic mass is 9.84. The van der Waals surface area contributed by atoms with Crippen molar-refractivity contribution in [1.29, 1.82) is 0 Å². The van der Waals surface area contributed by atoms with Crippen molar-refractivity contribution in [3.63, 3.8) is 0 Å². The van der Waals surface area contributed by atoms with Gasteiger partial charge < -0.3 is 10.1 Å². The number of rotatable bonds is 4. The predicted octanol–water partition coefficient (Wildman–Crippen LogP) is 2.11. The van der Waals surface area contributed by atoms with E-state index in [9.17, 15) is 0 Å². The van der Waals surface area contributed by atoms with Crippen molar-refractivity contribution in [2.24, 2.45) is 5.92 Å². The van der Waals surface area contributed by atoms with Crippen molar-refractivity contribution in [2.45, 2.75) is 38.6 Å². The number of aromatic nitrogens is 2. The van der Waals surface area contributed by atoms with Crippen LogP contribution in [0.1, 0.15) is 38.8 Å². The Morgan fingerprint density at radius 3 is 2.76 bits per heavy atom. The van der Waals surface area contributed by atoms with Crippen LogP contribution in [0.3, 0.4) is 0 Å². The van der Waals surface area contributed by atoms with Crippen molar-refractivity contribution in [3.05, 3.63) is 18.1 Å². The van der Waals surface area contributed by atoms with Gasteiger partial charge in [0, 0.05) is 12.4 Å². The van der Waals surface area contributed by atoms with Gasteiger partial charge in [0.2, 0.25) is 5.88 Å². The van der Waals surface area contributed by atoms with E-state index in [0.29, 0.717) is 11.8 Å². The minimum atomic E-state index is -0.0478. The van der Waals surface area contributed by atoms with Crippen LogP contribution in [0.15, 0.2) is 12.4 Å². The van der Waals surface area contributed by atoms with E-state index in [1.165, 1.54) is 6.42 Å². The number of hydrogen-bond acceptors (Lipinski definition) is 4. The Hall–Kier alpha value is -1.16. The third-order valence-electron chi connectivity index (χ3n) is 3.31. The molecule has 1 aromatic rings. The van der Waals surface area contributed by atoms with E-state index in [1.54, 1.807) is 19.5 Å². The van der Waals surface area contributed by atoms with Gasteiger partial charge >= 0.3 is 0 Å².